The lowest BCUT2D eigenvalue weighted by Gasteiger charge is -2.21. The van der Waals surface area contributed by atoms with Crippen LogP contribution in [0.3, 0.4) is 0 Å². The molecule has 2 N–H and O–H groups in total. The Kier molecular flexibility index (Phi) is 7.92. The molecule has 186 valence electrons. The van der Waals surface area contributed by atoms with Crippen molar-refractivity contribution in [3.63, 3.8) is 0 Å². The van der Waals surface area contributed by atoms with Gasteiger partial charge in [-0.25, -0.2) is 22.9 Å². The highest BCUT2D eigenvalue weighted by Crippen LogP contribution is 2.22. The monoisotopic (exact) mass is 524 g/mol. The van der Waals surface area contributed by atoms with Crippen LogP contribution in [0.25, 0.3) is 0 Å². The van der Waals surface area contributed by atoms with Crippen LogP contribution in [-0.2, 0) is 23.0 Å². The van der Waals surface area contributed by atoms with Crippen molar-refractivity contribution in [2.45, 2.75) is 23.9 Å². The standard InChI is InChI=1S/C26H25ClN4O4S/c1-35-21-13-11-20(12-14-21)18-31-16-15-28-25(31)23(17-19-7-3-2-4-8-19)29-26(32)30-36(33,34)24-10-6-5-9-22(24)27/h2-16,23H,17-18H2,1H3,(H2,29,30,32)/t23-/m0/s1. The Morgan fingerprint density at radius 3 is 2.39 bits per heavy atom. The molecular weight excluding hydrogens is 500 g/mol. The molecule has 1 aromatic heterocycles. The summed E-state index contributed by atoms with van der Waals surface area (Å²) in [5.41, 5.74) is 1.97. The van der Waals surface area contributed by atoms with Crippen LogP contribution < -0.4 is 14.8 Å². The zero-order valence-corrected chi connectivity index (χ0v) is 21.0. The quantitative estimate of drug-likeness (QED) is 0.334. The van der Waals surface area contributed by atoms with E-state index in [2.05, 4.69) is 15.0 Å². The predicted molar refractivity (Wildman–Crippen MR) is 138 cm³/mol. The largest absolute Gasteiger partial charge is 0.497 e. The van der Waals surface area contributed by atoms with Crippen LogP contribution in [0.1, 0.15) is 23.0 Å². The smallest absolute Gasteiger partial charge is 0.329 e. The van der Waals surface area contributed by atoms with E-state index < -0.39 is 22.1 Å². The summed E-state index contributed by atoms with van der Waals surface area (Å²) in [5.74, 6) is 1.34. The van der Waals surface area contributed by atoms with Crippen molar-refractivity contribution >= 4 is 27.7 Å². The number of rotatable bonds is 9. The summed E-state index contributed by atoms with van der Waals surface area (Å²) in [6.07, 6.45) is 3.87. The maximum absolute atomic E-state index is 12.9. The van der Waals surface area contributed by atoms with Crippen molar-refractivity contribution in [3.05, 3.63) is 113 Å². The summed E-state index contributed by atoms with van der Waals surface area (Å²) < 4.78 is 34.7. The molecular formula is C26H25ClN4O4S. The van der Waals surface area contributed by atoms with E-state index in [1.165, 1.54) is 18.2 Å². The van der Waals surface area contributed by atoms with Crippen LogP contribution in [0.2, 0.25) is 5.02 Å². The summed E-state index contributed by atoms with van der Waals surface area (Å²) in [6.45, 7) is 0.506. The first-order valence-electron chi connectivity index (χ1n) is 11.1. The van der Waals surface area contributed by atoms with Gasteiger partial charge in [-0.05, 0) is 41.8 Å². The number of nitrogens with zero attached hydrogens (tertiary/aromatic N) is 2. The number of sulfonamides is 1. The maximum Gasteiger partial charge on any atom is 0.329 e. The van der Waals surface area contributed by atoms with E-state index in [9.17, 15) is 13.2 Å². The van der Waals surface area contributed by atoms with Gasteiger partial charge >= 0.3 is 6.03 Å². The average Bonchev–Trinajstić information content (AvgIpc) is 3.32. The van der Waals surface area contributed by atoms with Gasteiger partial charge < -0.3 is 14.6 Å². The third kappa shape index (κ3) is 6.24. The van der Waals surface area contributed by atoms with Gasteiger partial charge in [0.2, 0.25) is 0 Å². The zero-order valence-electron chi connectivity index (χ0n) is 19.5. The number of nitrogens with one attached hydrogen (secondary N) is 2. The lowest BCUT2D eigenvalue weighted by molar-refractivity contribution is 0.241. The Morgan fingerprint density at radius 1 is 1.00 bits per heavy atom. The van der Waals surface area contributed by atoms with Gasteiger partial charge in [0, 0.05) is 18.9 Å². The lowest BCUT2D eigenvalue weighted by atomic mass is 10.1. The second-order valence-electron chi connectivity index (χ2n) is 8.01. The van der Waals surface area contributed by atoms with E-state index in [1.54, 1.807) is 19.4 Å². The van der Waals surface area contributed by atoms with Crippen LogP contribution in [0.15, 0.2) is 96.2 Å². The normalized spacial score (nSPS) is 12.1. The number of aromatic nitrogens is 2. The van der Waals surface area contributed by atoms with E-state index >= 15 is 0 Å². The number of amides is 2. The fourth-order valence-electron chi connectivity index (χ4n) is 3.78. The van der Waals surface area contributed by atoms with Gasteiger partial charge in [-0.1, -0.05) is 66.2 Å². The fourth-order valence-corrected chi connectivity index (χ4v) is 5.21. The van der Waals surface area contributed by atoms with Gasteiger partial charge in [-0.3, -0.25) is 0 Å². The topological polar surface area (TPSA) is 102 Å². The molecule has 2 amide bonds. The van der Waals surface area contributed by atoms with Gasteiger partial charge in [0.05, 0.1) is 18.2 Å². The summed E-state index contributed by atoms with van der Waals surface area (Å²) in [4.78, 5) is 17.2. The van der Waals surface area contributed by atoms with Crippen LogP contribution in [0.4, 0.5) is 4.79 Å². The summed E-state index contributed by atoms with van der Waals surface area (Å²) in [5, 5.41) is 2.80. The molecule has 4 rings (SSSR count). The molecule has 0 saturated carbocycles. The minimum absolute atomic E-state index is 0.0219. The van der Waals surface area contributed by atoms with Gasteiger partial charge in [0.15, 0.2) is 0 Å². The molecule has 0 bridgehead atoms. The van der Waals surface area contributed by atoms with Crippen molar-refractivity contribution in [2.75, 3.05) is 7.11 Å². The van der Waals surface area contributed by atoms with Gasteiger partial charge in [0.1, 0.15) is 16.5 Å². The van der Waals surface area contributed by atoms with Gasteiger partial charge in [-0.2, -0.15) is 0 Å². The van der Waals surface area contributed by atoms with E-state index in [4.69, 9.17) is 16.3 Å². The van der Waals surface area contributed by atoms with E-state index in [1.807, 2.05) is 65.4 Å². The minimum atomic E-state index is -4.18. The molecule has 8 nitrogen and oxygen atoms in total. The first-order chi connectivity index (χ1) is 17.4. The molecule has 1 heterocycles. The molecule has 0 aliphatic carbocycles. The number of carbonyl (C=O) groups excluding carboxylic acids is 1. The molecule has 3 aromatic carbocycles. The van der Waals surface area contributed by atoms with Crippen LogP contribution in [0, 0.1) is 0 Å². The number of imidazole rings is 1. The van der Waals surface area contributed by atoms with Crippen LogP contribution in [0.5, 0.6) is 5.75 Å². The van der Waals surface area contributed by atoms with Gasteiger partial charge in [-0.15, -0.1) is 0 Å². The van der Waals surface area contributed by atoms with Gasteiger partial charge in [0.25, 0.3) is 10.0 Å². The second-order valence-corrected chi connectivity index (χ2v) is 10.1. The molecule has 4 aromatic rings. The summed E-state index contributed by atoms with van der Waals surface area (Å²) in [6, 6.07) is 21.7. The predicted octanol–water partition coefficient (Wildman–Crippen LogP) is 4.57. The number of ether oxygens (including phenoxy) is 1. The Hall–Kier alpha value is -3.82. The number of methoxy groups -OCH3 is 1. The Bertz CT molecular complexity index is 1420. The highest BCUT2D eigenvalue weighted by molar-refractivity contribution is 7.90. The van der Waals surface area contributed by atoms with Crippen molar-refractivity contribution in [3.8, 4) is 5.75 Å². The van der Waals surface area contributed by atoms with E-state index in [0.717, 1.165) is 16.9 Å². The van der Waals surface area contributed by atoms with Crippen molar-refractivity contribution < 1.29 is 17.9 Å². The van der Waals surface area contributed by atoms with Crippen molar-refractivity contribution in [1.82, 2.24) is 19.6 Å². The molecule has 0 spiro atoms. The van der Waals surface area contributed by atoms with E-state index in [0.29, 0.717) is 18.8 Å². The van der Waals surface area contributed by atoms with Crippen LogP contribution >= 0.6 is 11.6 Å². The molecule has 0 fully saturated rings. The lowest BCUT2D eigenvalue weighted by Crippen LogP contribution is -2.42. The summed E-state index contributed by atoms with van der Waals surface area (Å²) >= 11 is 6.03. The Labute approximate surface area is 215 Å². The zero-order chi connectivity index (χ0) is 25.5. The molecule has 36 heavy (non-hydrogen) atoms. The average molecular weight is 525 g/mol. The van der Waals surface area contributed by atoms with Crippen LogP contribution in [-0.4, -0.2) is 31.1 Å². The molecule has 0 saturated heterocycles. The third-order valence-corrected chi connectivity index (χ3v) is 7.34. The highest BCUT2D eigenvalue weighted by Gasteiger charge is 2.25. The number of benzene rings is 3. The van der Waals surface area contributed by atoms with Crippen molar-refractivity contribution in [2.24, 2.45) is 0 Å². The molecule has 0 unspecified atom stereocenters. The number of halogens is 1. The first kappa shape index (κ1) is 25.3. The number of urea groups is 1. The molecule has 1 atom stereocenters. The van der Waals surface area contributed by atoms with E-state index in [-0.39, 0.29) is 9.92 Å². The second kappa shape index (κ2) is 11.3. The Balaban J connectivity index is 1.58. The maximum atomic E-state index is 12.9. The highest BCUT2D eigenvalue weighted by atomic mass is 35.5. The first-order valence-corrected chi connectivity index (χ1v) is 13.0. The summed E-state index contributed by atoms with van der Waals surface area (Å²) in [7, 11) is -2.56. The third-order valence-electron chi connectivity index (χ3n) is 5.51. The molecule has 10 heteroatoms. The fraction of sp³-hybridized carbons (Fsp3) is 0.154. The molecule has 0 aliphatic heterocycles. The number of carbonyl (C=O) groups is 1. The number of hydrogen-bond acceptors (Lipinski definition) is 5. The molecule has 0 radical (unpaired) electrons. The Morgan fingerprint density at radius 2 is 1.69 bits per heavy atom. The number of hydrogen-bond donors (Lipinski definition) is 2. The minimum Gasteiger partial charge on any atom is -0.497 e. The SMILES string of the molecule is COc1ccc(Cn2ccnc2[C@H](Cc2ccccc2)NC(=O)NS(=O)(=O)c2ccccc2Cl)cc1. The molecule has 0 aliphatic rings. The van der Waals surface area contributed by atoms with Crippen molar-refractivity contribution in [1.29, 1.82) is 0 Å².